The molecule has 1 heterocycles. The average molecular weight is 398 g/mol. The third-order valence-electron chi connectivity index (χ3n) is 5.46. The van der Waals surface area contributed by atoms with Gasteiger partial charge in [-0.2, -0.15) is 0 Å². The van der Waals surface area contributed by atoms with Crippen LogP contribution < -0.4 is 0 Å². The maximum Gasteiger partial charge on any atom is 0.269 e. The van der Waals surface area contributed by atoms with Crippen molar-refractivity contribution in [1.82, 2.24) is 4.90 Å². The van der Waals surface area contributed by atoms with Crippen LogP contribution in [-0.4, -0.2) is 22.3 Å². The Balaban J connectivity index is 1.59. The van der Waals surface area contributed by atoms with E-state index in [-0.39, 0.29) is 23.6 Å². The van der Waals surface area contributed by atoms with Crippen LogP contribution in [0.3, 0.4) is 0 Å². The van der Waals surface area contributed by atoms with E-state index in [1.54, 1.807) is 0 Å². The van der Waals surface area contributed by atoms with E-state index in [0.717, 1.165) is 17.5 Å². The molecule has 1 fully saturated rings. The van der Waals surface area contributed by atoms with Crippen LogP contribution in [0.5, 0.6) is 0 Å². The van der Waals surface area contributed by atoms with E-state index in [1.807, 2.05) is 53.4 Å². The molecule has 0 unspecified atom stereocenters. The quantitative estimate of drug-likeness (QED) is 0.420. The van der Waals surface area contributed by atoms with Gasteiger partial charge in [0.15, 0.2) is 0 Å². The summed E-state index contributed by atoms with van der Waals surface area (Å²) in [5.74, 6) is 0.131. The van der Waals surface area contributed by atoms with E-state index >= 15 is 0 Å². The highest BCUT2D eigenvalue weighted by atomic mass is 16.6. The molecule has 0 bridgehead atoms. The maximum atomic E-state index is 13.3. The summed E-state index contributed by atoms with van der Waals surface area (Å²) < 4.78 is 0. The van der Waals surface area contributed by atoms with Crippen LogP contribution in [0.2, 0.25) is 0 Å². The molecule has 5 heteroatoms. The normalized spacial score (nSPS) is 18.6. The van der Waals surface area contributed by atoms with Crippen LogP contribution in [0.1, 0.15) is 33.9 Å². The molecule has 150 valence electrons. The molecule has 1 saturated heterocycles. The molecule has 1 aliphatic heterocycles. The molecule has 0 radical (unpaired) electrons. The summed E-state index contributed by atoms with van der Waals surface area (Å²) >= 11 is 0. The first-order valence-corrected chi connectivity index (χ1v) is 9.95. The van der Waals surface area contributed by atoms with Gasteiger partial charge < -0.3 is 4.90 Å². The van der Waals surface area contributed by atoms with E-state index < -0.39 is 4.92 Å². The van der Waals surface area contributed by atoms with Crippen LogP contribution >= 0.6 is 0 Å². The summed E-state index contributed by atoms with van der Waals surface area (Å²) in [6, 6.07) is 25.9. The Kier molecular flexibility index (Phi) is 5.70. The number of non-ortho nitro benzene ring substituents is 1. The van der Waals surface area contributed by atoms with E-state index in [1.165, 1.54) is 24.3 Å². The van der Waals surface area contributed by atoms with Gasteiger partial charge in [0.2, 0.25) is 0 Å². The van der Waals surface area contributed by atoms with Gasteiger partial charge in [-0.1, -0.05) is 72.8 Å². The van der Waals surface area contributed by atoms with E-state index in [0.29, 0.717) is 12.1 Å². The van der Waals surface area contributed by atoms with Crippen LogP contribution in [0.15, 0.2) is 91.0 Å². The third kappa shape index (κ3) is 4.30. The van der Waals surface area contributed by atoms with Crippen LogP contribution in [0.25, 0.3) is 6.08 Å². The molecular weight excluding hydrogens is 376 g/mol. The lowest BCUT2D eigenvalue weighted by Crippen LogP contribution is -2.31. The zero-order valence-corrected chi connectivity index (χ0v) is 16.4. The lowest BCUT2D eigenvalue weighted by Gasteiger charge is -2.25. The van der Waals surface area contributed by atoms with Crippen molar-refractivity contribution < 1.29 is 9.72 Å². The summed E-state index contributed by atoms with van der Waals surface area (Å²) in [7, 11) is 0. The minimum Gasteiger partial charge on any atom is -0.331 e. The number of nitro groups is 1. The SMILES string of the molecule is O=C(c1ccc([N+](=O)[O-])cc1)N1C[C@H](/C=C/c2ccccc2)C[C@H]1c1ccccc1. The number of carbonyl (C=O) groups is 1. The number of hydrogen-bond acceptors (Lipinski definition) is 3. The number of carbonyl (C=O) groups excluding carboxylic acids is 1. The number of rotatable bonds is 5. The van der Waals surface area contributed by atoms with Crippen molar-refractivity contribution in [1.29, 1.82) is 0 Å². The van der Waals surface area contributed by atoms with Crippen LogP contribution in [-0.2, 0) is 0 Å². The van der Waals surface area contributed by atoms with Crippen molar-refractivity contribution in [3.8, 4) is 0 Å². The zero-order valence-electron chi connectivity index (χ0n) is 16.4. The zero-order chi connectivity index (χ0) is 20.9. The van der Waals surface area contributed by atoms with Crippen molar-refractivity contribution in [3.05, 3.63) is 118 Å². The number of amides is 1. The summed E-state index contributed by atoms with van der Waals surface area (Å²) in [5.41, 5.74) is 2.68. The van der Waals surface area contributed by atoms with Crippen LogP contribution in [0.4, 0.5) is 5.69 Å². The third-order valence-corrected chi connectivity index (χ3v) is 5.46. The molecule has 0 saturated carbocycles. The lowest BCUT2D eigenvalue weighted by molar-refractivity contribution is -0.384. The molecule has 0 aliphatic carbocycles. The van der Waals surface area contributed by atoms with Gasteiger partial charge in [0.1, 0.15) is 0 Å². The Labute approximate surface area is 175 Å². The first-order chi connectivity index (χ1) is 14.6. The highest BCUT2D eigenvalue weighted by Gasteiger charge is 2.35. The van der Waals surface area contributed by atoms with E-state index in [9.17, 15) is 14.9 Å². The molecule has 4 rings (SSSR count). The number of hydrogen-bond donors (Lipinski definition) is 0. The average Bonchev–Trinajstić information content (AvgIpc) is 3.23. The van der Waals surface area contributed by atoms with Gasteiger partial charge in [-0.3, -0.25) is 14.9 Å². The van der Waals surface area contributed by atoms with Gasteiger partial charge in [0, 0.05) is 24.2 Å². The first kappa shape index (κ1) is 19.6. The Morgan fingerprint density at radius 1 is 0.933 bits per heavy atom. The smallest absolute Gasteiger partial charge is 0.269 e. The highest BCUT2D eigenvalue weighted by molar-refractivity contribution is 5.95. The Bertz CT molecular complexity index is 1050. The predicted octanol–water partition coefficient (Wildman–Crippen LogP) is 5.51. The Morgan fingerprint density at radius 3 is 2.20 bits per heavy atom. The molecule has 1 aliphatic rings. The maximum absolute atomic E-state index is 13.3. The molecule has 0 spiro atoms. The minimum atomic E-state index is -0.457. The second-order valence-corrected chi connectivity index (χ2v) is 7.45. The van der Waals surface area contributed by atoms with Crippen molar-refractivity contribution in [3.63, 3.8) is 0 Å². The lowest BCUT2D eigenvalue weighted by atomic mass is 9.99. The van der Waals surface area contributed by atoms with E-state index in [2.05, 4.69) is 24.3 Å². The van der Waals surface area contributed by atoms with Gasteiger partial charge >= 0.3 is 0 Å². The van der Waals surface area contributed by atoms with Gasteiger partial charge in [-0.05, 0) is 35.6 Å². The molecule has 2 atom stereocenters. The van der Waals surface area contributed by atoms with Gasteiger partial charge in [0.05, 0.1) is 11.0 Å². The molecule has 30 heavy (non-hydrogen) atoms. The molecular formula is C25H22N2O3. The second-order valence-electron chi connectivity index (χ2n) is 7.45. The monoisotopic (exact) mass is 398 g/mol. The molecule has 3 aromatic carbocycles. The largest absolute Gasteiger partial charge is 0.331 e. The fraction of sp³-hybridized carbons (Fsp3) is 0.160. The fourth-order valence-corrected chi connectivity index (χ4v) is 3.93. The highest BCUT2D eigenvalue weighted by Crippen LogP contribution is 2.37. The molecule has 0 aromatic heterocycles. The summed E-state index contributed by atoms with van der Waals surface area (Å²) in [4.78, 5) is 25.6. The first-order valence-electron chi connectivity index (χ1n) is 9.95. The van der Waals surface area contributed by atoms with Crippen molar-refractivity contribution in [2.45, 2.75) is 12.5 Å². The number of nitrogens with zero attached hydrogens (tertiary/aromatic N) is 2. The number of benzene rings is 3. The molecule has 1 amide bonds. The van der Waals surface area contributed by atoms with Crippen LogP contribution in [0, 0.1) is 16.0 Å². The number of likely N-dealkylation sites (tertiary alicyclic amines) is 1. The summed E-state index contributed by atoms with van der Waals surface area (Å²) in [6.07, 6.45) is 5.12. The van der Waals surface area contributed by atoms with Gasteiger partial charge in [-0.25, -0.2) is 0 Å². The topological polar surface area (TPSA) is 63.4 Å². The molecule has 0 N–H and O–H groups in total. The summed E-state index contributed by atoms with van der Waals surface area (Å²) in [5, 5.41) is 10.9. The Morgan fingerprint density at radius 2 is 1.57 bits per heavy atom. The standard InChI is InChI=1S/C25H22N2O3/c28-25(22-13-15-23(16-14-22)27(29)30)26-18-20(12-11-19-7-3-1-4-8-19)17-24(26)21-9-5-2-6-10-21/h1-16,20,24H,17-18H2/b12-11+/t20-,24+/m1/s1. The summed E-state index contributed by atoms with van der Waals surface area (Å²) in [6.45, 7) is 0.610. The van der Waals surface area contributed by atoms with E-state index in [4.69, 9.17) is 0 Å². The van der Waals surface area contributed by atoms with Crippen molar-refractivity contribution >= 4 is 17.7 Å². The van der Waals surface area contributed by atoms with Gasteiger partial charge in [-0.15, -0.1) is 0 Å². The fourth-order valence-electron chi connectivity index (χ4n) is 3.93. The minimum absolute atomic E-state index is 0.0174. The molecule has 5 nitrogen and oxygen atoms in total. The van der Waals surface area contributed by atoms with Crippen molar-refractivity contribution in [2.75, 3.05) is 6.54 Å². The molecule has 3 aromatic rings. The number of nitro benzene ring substituents is 1. The van der Waals surface area contributed by atoms with Crippen molar-refractivity contribution in [2.24, 2.45) is 5.92 Å². The second kappa shape index (κ2) is 8.74. The predicted molar refractivity (Wildman–Crippen MR) is 117 cm³/mol. The van der Waals surface area contributed by atoms with Gasteiger partial charge in [0.25, 0.3) is 11.6 Å². The Hall–Kier alpha value is -3.73.